The summed E-state index contributed by atoms with van der Waals surface area (Å²) in [6.07, 6.45) is 2.52. The molecule has 598 valence electrons. The number of hydrogen-bond acceptors (Lipinski definition) is 16. The number of hydrogen-bond donors (Lipinski definition) is 12. The van der Waals surface area contributed by atoms with Crippen LogP contribution in [0, 0.1) is 11.6 Å². The maximum atomic E-state index is 13.3. The number of ketones is 2. The highest BCUT2D eigenvalue weighted by Gasteiger charge is 2.20. The number of aromatic carboxylic acids is 4. The Morgan fingerprint density at radius 1 is 0.364 bits per heavy atom. The van der Waals surface area contributed by atoms with Gasteiger partial charge in [-0.1, -0.05) is 103 Å². The Morgan fingerprint density at radius 3 is 1.22 bits per heavy atom. The maximum Gasteiger partial charge on any atom is 0.335 e. The summed E-state index contributed by atoms with van der Waals surface area (Å²) in [6, 6.07) is 72.4. The number of carboxylic acid groups (broad SMARTS) is 6. The summed E-state index contributed by atoms with van der Waals surface area (Å²) < 4.78 is 32.4. The number of furan rings is 1. The molecule has 19 rings (SSSR count). The predicted molar refractivity (Wildman–Crippen MR) is 453 cm³/mol. The van der Waals surface area contributed by atoms with E-state index >= 15 is 0 Å². The van der Waals surface area contributed by atoms with Gasteiger partial charge in [0.05, 0.1) is 82.9 Å². The smallest absolute Gasteiger partial charge is 0.335 e. The van der Waals surface area contributed by atoms with E-state index in [2.05, 4.69) is 61.2 Å². The first-order chi connectivity index (χ1) is 58.4. The molecule has 0 amide bonds. The van der Waals surface area contributed by atoms with E-state index in [0.717, 1.165) is 110 Å². The molecule has 8 aromatic heterocycles. The molecule has 0 spiro atoms. The van der Waals surface area contributed by atoms with Crippen molar-refractivity contribution < 1.29 is 82.2 Å². The first-order valence-corrected chi connectivity index (χ1v) is 37.4. The Bertz CT molecular complexity index is 7220. The quantitative estimate of drug-likeness (QED) is 0.0316. The van der Waals surface area contributed by atoms with Gasteiger partial charge in [0.2, 0.25) is 0 Å². The van der Waals surface area contributed by atoms with Gasteiger partial charge in [-0.3, -0.25) is 45.0 Å². The van der Waals surface area contributed by atoms with Crippen LogP contribution in [0.15, 0.2) is 265 Å². The third-order valence-corrected chi connectivity index (χ3v) is 20.1. The van der Waals surface area contributed by atoms with E-state index in [1.54, 1.807) is 133 Å². The highest BCUT2D eigenvalue weighted by atomic mass is 32.1. The van der Waals surface area contributed by atoms with Crippen LogP contribution >= 0.6 is 11.3 Å². The molecule has 0 aliphatic carbocycles. The summed E-state index contributed by atoms with van der Waals surface area (Å²) >= 11 is 1.35. The van der Waals surface area contributed by atoms with Crippen molar-refractivity contribution in [1.29, 1.82) is 0 Å². The fraction of sp³-hybridized carbons (Fsp3) is 0.0330. The number of carbonyl (C=O) groups is 8. The van der Waals surface area contributed by atoms with Crippen molar-refractivity contribution in [3.05, 3.63) is 316 Å². The Morgan fingerprint density at radius 2 is 0.769 bits per heavy atom. The molecule has 30 heteroatoms. The third-order valence-electron chi connectivity index (χ3n) is 18.9. The van der Waals surface area contributed by atoms with Gasteiger partial charge >= 0.3 is 35.8 Å². The largest absolute Gasteiger partial charge is 0.481 e. The Kier molecular flexibility index (Phi) is 23.7. The van der Waals surface area contributed by atoms with Crippen molar-refractivity contribution in [2.45, 2.75) is 20.3 Å². The SMILES string of the molecule is CC(=O)c1ccc(-c2n[nH]c3ccc(C(=O)O)cc23)s1.CC(=O)c1cccc(-c2n[nH]c3ccc(C(=O)O)cc23)c1.O=C(O)/C=C/c1ccc2[nH]nc(-c3cccc(F)c3)c2c1.O=C(O)Cc1ccc2[nH]nc(-c3cccc(F)c3)c2c1.O=C(O)c1ccc2[nH]nc(-c3cc4ccccc4o3)c2c1.O=C(O)c1ccc2[nH]nc(-c3ccccc3)c2c1. The second-order valence-electron chi connectivity index (χ2n) is 27.0. The zero-order valence-corrected chi connectivity index (χ0v) is 64.1. The predicted octanol–water partition coefficient (Wildman–Crippen LogP) is 19.4. The lowest BCUT2D eigenvalue weighted by Gasteiger charge is -2.01. The number of H-pyrrole nitrogens is 6. The number of Topliss-reactive ketones (excluding diaryl/α,β-unsaturated/α-hetero) is 2. The highest BCUT2D eigenvalue weighted by Crippen LogP contribution is 2.37. The zero-order valence-electron chi connectivity index (χ0n) is 63.3. The van der Waals surface area contributed by atoms with Gasteiger partial charge in [0.15, 0.2) is 17.3 Å². The number of rotatable bonds is 16. The summed E-state index contributed by atoms with van der Waals surface area (Å²) in [6.45, 7) is 3.02. The van der Waals surface area contributed by atoms with Crippen LogP contribution in [-0.2, 0) is 16.0 Å². The van der Waals surface area contributed by atoms with Gasteiger partial charge in [-0.2, -0.15) is 30.6 Å². The van der Waals surface area contributed by atoms with E-state index in [4.69, 9.17) is 35.1 Å². The van der Waals surface area contributed by atoms with Crippen molar-refractivity contribution in [2.24, 2.45) is 0 Å². The van der Waals surface area contributed by atoms with Crippen LogP contribution in [0.1, 0.15) is 86.4 Å². The number of thiophene rings is 1. The lowest BCUT2D eigenvalue weighted by Crippen LogP contribution is -1.99. The molecule has 27 nitrogen and oxygen atoms in total. The lowest BCUT2D eigenvalue weighted by molar-refractivity contribution is -0.136. The van der Waals surface area contributed by atoms with E-state index in [0.29, 0.717) is 61.4 Å². The van der Waals surface area contributed by atoms with Gasteiger partial charge in [-0.25, -0.2) is 32.8 Å². The monoisotopic (exact) mass is 1630 g/mol. The first kappa shape index (κ1) is 80.8. The van der Waals surface area contributed by atoms with E-state index in [9.17, 15) is 47.1 Å². The minimum atomic E-state index is -1.01. The number of aliphatic carboxylic acids is 2. The summed E-state index contributed by atoms with van der Waals surface area (Å²) in [5.41, 5.74) is 15.4. The van der Waals surface area contributed by atoms with Gasteiger partial charge in [0.25, 0.3) is 0 Å². The molecule has 19 aromatic rings. The molecule has 121 heavy (non-hydrogen) atoms. The van der Waals surface area contributed by atoms with Crippen molar-refractivity contribution in [3.8, 4) is 67.1 Å². The van der Waals surface area contributed by atoms with Crippen LogP contribution in [0.25, 0.3) is 150 Å². The van der Waals surface area contributed by atoms with Crippen LogP contribution in [0.5, 0.6) is 0 Å². The number of halogens is 2. The molecule has 0 fully saturated rings. The minimum Gasteiger partial charge on any atom is -0.481 e. The average molecular weight is 1640 g/mol. The molecule has 0 atom stereocenters. The van der Waals surface area contributed by atoms with E-state index < -0.39 is 35.8 Å². The van der Waals surface area contributed by atoms with Gasteiger partial charge in [0.1, 0.15) is 40.0 Å². The summed E-state index contributed by atoms with van der Waals surface area (Å²) in [7, 11) is 0. The number of benzene rings is 11. The lowest BCUT2D eigenvalue weighted by atomic mass is 10.0. The van der Waals surface area contributed by atoms with Crippen LogP contribution in [0.4, 0.5) is 8.78 Å². The average Bonchev–Trinajstić information content (AvgIpc) is 1.64. The molecule has 0 bridgehead atoms. The van der Waals surface area contributed by atoms with Crippen LogP contribution in [0.3, 0.4) is 0 Å². The van der Waals surface area contributed by atoms with Gasteiger partial charge < -0.3 is 35.1 Å². The van der Waals surface area contributed by atoms with E-state index in [-0.39, 0.29) is 51.9 Å². The molecule has 12 N–H and O–H groups in total. The molecule has 0 aliphatic heterocycles. The van der Waals surface area contributed by atoms with Crippen molar-refractivity contribution in [3.63, 3.8) is 0 Å². The second-order valence-corrected chi connectivity index (χ2v) is 28.1. The Hall–Kier alpha value is -16.8. The topological polar surface area (TPSA) is 443 Å². The fourth-order valence-electron chi connectivity index (χ4n) is 13.0. The number of nitrogens with zero attached hydrogens (tertiary/aromatic N) is 6. The summed E-state index contributed by atoms with van der Waals surface area (Å²) in [5.74, 6) is -5.82. The number of para-hydroxylation sites is 1. The van der Waals surface area contributed by atoms with Gasteiger partial charge in [-0.15, -0.1) is 11.3 Å². The fourth-order valence-corrected chi connectivity index (χ4v) is 13.9. The van der Waals surface area contributed by atoms with Gasteiger partial charge in [-0.05, 0) is 183 Å². The van der Waals surface area contributed by atoms with Crippen molar-refractivity contribution in [1.82, 2.24) is 61.2 Å². The molecule has 0 unspecified atom stereocenters. The summed E-state index contributed by atoms with van der Waals surface area (Å²) in [5, 5.41) is 102. The molecule has 8 heterocycles. The highest BCUT2D eigenvalue weighted by molar-refractivity contribution is 7.17. The number of carboxylic acids is 6. The maximum absolute atomic E-state index is 13.3. The van der Waals surface area contributed by atoms with E-state index in [1.165, 1.54) is 67.7 Å². The molecule has 0 saturated carbocycles. The normalized spacial score (nSPS) is 10.9. The number of aromatic amines is 6. The third kappa shape index (κ3) is 18.6. The summed E-state index contributed by atoms with van der Waals surface area (Å²) in [4.78, 5) is 89.8. The molecule has 11 aromatic carbocycles. The number of aromatic nitrogens is 12. The Labute approximate surface area is 684 Å². The standard InChI is InChI=1S/C16H11FN2O2.C16H10N2O3.C16H12N2O3.C15H11FN2O2.C14H10N2O3S.C14H10N2O2/c17-12-3-1-2-11(9-12)16-13-8-10(5-7-15(20)21)4-6-14(13)18-19-16;19-16(20)10-5-6-12-11(7-10)15(18-17-12)14-8-9-3-1-2-4-13(9)21-14;1-9(19)10-3-2-4-11(7-10)15-13-8-12(16(20)21)5-6-14(13)17-18-15;16-11-3-1-2-10(8-11)15-12-6-9(7-14(19)20)4-5-13(12)17-18-15;1-7(17)11-4-5-12(20-11)13-9-6-8(14(18)19)2-3-10(9)15-16-13;17-14(18)10-6-7-12-11(8-10)13(16-15-12)9-4-2-1-3-5-9/h1-9H,(H,18,19)(H,20,21);1-8H,(H,17,18)(H,19,20);2-8H,1H3,(H,17,18)(H,20,21);1-6,8H,7H2,(H,17,18)(H,19,20);2-6H,1H3,(H,15,16)(H,18,19);1-8H,(H,15,16)(H,17,18)/b7-5+;;;;;. The molecule has 0 aliphatic rings. The second kappa shape index (κ2) is 35.5. The zero-order chi connectivity index (χ0) is 85.1. The number of fused-ring (bicyclic) bond motifs is 7. The van der Waals surface area contributed by atoms with E-state index in [1.807, 2.05) is 84.9 Å². The molecule has 0 saturated heterocycles. The molecular weight excluding hydrogens is 1570 g/mol. The number of carbonyl (C=O) groups excluding carboxylic acids is 2. The van der Waals surface area contributed by atoms with Gasteiger partial charge in [0, 0.05) is 71.6 Å². The first-order valence-electron chi connectivity index (χ1n) is 36.6. The molecular formula is C91H64F2N12O15S. The number of nitrogens with one attached hydrogen (secondary N) is 6. The van der Waals surface area contributed by atoms with Crippen LogP contribution in [0.2, 0.25) is 0 Å². The Balaban J connectivity index is 0.000000119. The van der Waals surface area contributed by atoms with Crippen molar-refractivity contribution in [2.75, 3.05) is 0 Å². The van der Waals surface area contributed by atoms with Crippen molar-refractivity contribution >= 4 is 141 Å². The van der Waals surface area contributed by atoms with Crippen LogP contribution in [-0.4, -0.2) is 139 Å². The minimum absolute atomic E-state index is 0.00677. The van der Waals surface area contributed by atoms with Crippen LogP contribution < -0.4 is 0 Å². The molecule has 0 radical (unpaired) electrons.